The first kappa shape index (κ1) is 21.1. The van der Waals surface area contributed by atoms with Gasteiger partial charge in [-0.25, -0.2) is 9.78 Å². The zero-order valence-corrected chi connectivity index (χ0v) is 18.0. The Morgan fingerprint density at radius 2 is 2.23 bits per heavy atom. The Hall–Kier alpha value is -3.13. The zero-order chi connectivity index (χ0) is 21.8. The molecule has 1 aliphatic rings. The number of benzene rings is 1. The van der Waals surface area contributed by atoms with Gasteiger partial charge in [-0.1, -0.05) is 0 Å². The molecule has 3 aromatic rings. The molecule has 1 aromatic carbocycles. The van der Waals surface area contributed by atoms with Crippen LogP contribution in [0.5, 0.6) is 5.75 Å². The maximum atomic E-state index is 12.7. The molecular formula is C23H28N3O5+. The summed E-state index contributed by atoms with van der Waals surface area (Å²) in [5, 5.41) is 0.889. The number of fused-ring (bicyclic) bond motifs is 3. The van der Waals surface area contributed by atoms with Crippen molar-refractivity contribution in [1.82, 2.24) is 9.55 Å². The standard InChI is InChI=1S/C23H27N3O5/c1-3-29-21(27)8-6-18-16(2)17-5-7-20-19(22(17)31-23(18)28)13-26(15-30-20)11-4-10-25-12-9-24-14-25/h5,7,9,12,14H,3-4,6,8,10-11,13,15H2,1-2H3/p+1. The lowest BCUT2D eigenvalue weighted by Gasteiger charge is -2.26. The van der Waals surface area contributed by atoms with Crippen LogP contribution in [0.1, 0.15) is 36.5 Å². The first-order chi connectivity index (χ1) is 15.1. The number of quaternary nitrogens is 1. The van der Waals surface area contributed by atoms with Crippen LogP contribution in [0.4, 0.5) is 0 Å². The minimum Gasteiger partial charge on any atom is -0.466 e. The molecule has 0 aliphatic carbocycles. The van der Waals surface area contributed by atoms with Crippen molar-refractivity contribution in [3.8, 4) is 5.75 Å². The van der Waals surface area contributed by atoms with Crippen molar-refractivity contribution in [3.05, 3.63) is 58.0 Å². The van der Waals surface area contributed by atoms with Gasteiger partial charge in [0.25, 0.3) is 0 Å². The van der Waals surface area contributed by atoms with Crippen LogP contribution in [0.25, 0.3) is 11.0 Å². The molecule has 0 saturated carbocycles. The molecule has 0 saturated heterocycles. The van der Waals surface area contributed by atoms with Crippen LogP contribution < -0.4 is 15.3 Å². The van der Waals surface area contributed by atoms with E-state index in [-0.39, 0.29) is 12.4 Å². The van der Waals surface area contributed by atoms with Gasteiger partial charge in [0.1, 0.15) is 12.3 Å². The van der Waals surface area contributed by atoms with Crippen LogP contribution in [0.2, 0.25) is 0 Å². The van der Waals surface area contributed by atoms with E-state index >= 15 is 0 Å². The van der Waals surface area contributed by atoms with Crippen molar-refractivity contribution in [2.75, 3.05) is 19.9 Å². The molecule has 0 fully saturated rings. The van der Waals surface area contributed by atoms with Gasteiger partial charge >= 0.3 is 11.6 Å². The molecule has 1 unspecified atom stereocenters. The summed E-state index contributed by atoms with van der Waals surface area (Å²) in [4.78, 5) is 29.8. The van der Waals surface area contributed by atoms with Crippen LogP contribution in [-0.4, -0.2) is 35.4 Å². The van der Waals surface area contributed by atoms with Crippen LogP contribution >= 0.6 is 0 Å². The van der Waals surface area contributed by atoms with E-state index in [0.29, 0.717) is 30.9 Å². The number of hydrogen-bond donors (Lipinski definition) is 1. The summed E-state index contributed by atoms with van der Waals surface area (Å²) in [7, 11) is 0. The molecule has 1 atom stereocenters. The van der Waals surface area contributed by atoms with Gasteiger partial charge in [-0.05, 0) is 38.0 Å². The van der Waals surface area contributed by atoms with E-state index < -0.39 is 5.63 Å². The molecule has 0 amide bonds. The Kier molecular flexibility index (Phi) is 6.36. The minimum absolute atomic E-state index is 0.161. The molecule has 31 heavy (non-hydrogen) atoms. The number of carbonyl (C=O) groups excluding carboxylic acids is 1. The second-order valence-electron chi connectivity index (χ2n) is 7.84. The van der Waals surface area contributed by atoms with Gasteiger partial charge in [-0.15, -0.1) is 0 Å². The van der Waals surface area contributed by atoms with Crippen molar-refractivity contribution in [1.29, 1.82) is 0 Å². The Morgan fingerprint density at radius 3 is 3.00 bits per heavy atom. The Bertz CT molecular complexity index is 1120. The highest BCUT2D eigenvalue weighted by Crippen LogP contribution is 2.31. The molecule has 3 heterocycles. The Balaban J connectivity index is 1.53. The molecule has 1 N–H and O–H groups in total. The number of aromatic nitrogens is 2. The molecule has 8 heteroatoms. The normalized spacial score (nSPS) is 15.5. The van der Waals surface area contributed by atoms with Gasteiger partial charge in [0.2, 0.25) is 6.73 Å². The number of ether oxygens (including phenoxy) is 2. The van der Waals surface area contributed by atoms with Crippen LogP contribution in [0.3, 0.4) is 0 Å². The molecule has 4 rings (SSSR count). The molecule has 0 radical (unpaired) electrons. The van der Waals surface area contributed by atoms with Gasteiger partial charge in [-0.2, -0.15) is 0 Å². The molecular weight excluding hydrogens is 398 g/mol. The lowest BCUT2D eigenvalue weighted by Crippen LogP contribution is -3.12. The number of carbonyl (C=O) groups is 1. The lowest BCUT2D eigenvalue weighted by molar-refractivity contribution is -0.932. The first-order valence-electron chi connectivity index (χ1n) is 10.7. The number of esters is 1. The zero-order valence-electron chi connectivity index (χ0n) is 18.0. The molecule has 164 valence electrons. The number of nitrogens with zero attached hydrogens (tertiary/aromatic N) is 2. The monoisotopic (exact) mass is 426 g/mol. The maximum Gasteiger partial charge on any atom is 0.339 e. The second kappa shape index (κ2) is 9.34. The van der Waals surface area contributed by atoms with E-state index in [1.165, 1.54) is 4.90 Å². The van der Waals surface area contributed by atoms with Crippen LogP contribution in [0, 0.1) is 6.92 Å². The van der Waals surface area contributed by atoms with Crippen molar-refractivity contribution in [2.45, 2.75) is 46.2 Å². The summed E-state index contributed by atoms with van der Waals surface area (Å²) in [5.41, 5.74) is 2.51. The van der Waals surface area contributed by atoms with Crippen LogP contribution in [0.15, 0.2) is 40.1 Å². The Labute approximate surface area is 180 Å². The highest BCUT2D eigenvalue weighted by Gasteiger charge is 2.25. The van der Waals surface area contributed by atoms with E-state index in [4.69, 9.17) is 13.9 Å². The van der Waals surface area contributed by atoms with Crippen molar-refractivity contribution < 1.29 is 23.6 Å². The average Bonchev–Trinajstić information content (AvgIpc) is 3.27. The summed E-state index contributed by atoms with van der Waals surface area (Å²) in [5.74, 6) is 0.461. The number of aryl methyl sites for hydroxylation is 2. The van der Waals surface area contributed by atoms with E-state index in [2.05, 4.69) is 9.55 Å². The topological polar surface area (TPSA) is 88.0 Å². The maximum absolute atomic E-state index is 12.7. The predicted octanol–water partition coefficient (Wildman–Crippen LogP) is 1.62. The van der Waals surface area contributed by atoms with E-state index in [1.54, 1.807) is 13.1 Å². The Morgan fingerprint density at radius 1 is 1.35 bits per heavy atom. The lowest BCUT2D eigenvalue weighted by atomic mass is 9.99. The third kappa shape index (κ3) is 4.64. The van der Waals surface area contributed by atoms with Gasteiger partial charge in [0.05, 0.1) is 25.0 Å². The molecule has 0 bridgehead atoms. The van der Waals surface area contributed by atoms with Gasteiger partial charge in [0, 0.05) is 42.7 Å². The quantitative estimate of drug-likeness (QED) is 0.435. The second-order valence-corrected chi connectivity index (χ2v) is 7.84. The third-order valence-corrected chi connectivity index (χ3v) is 5.76. The number of rotatable bonds is 8. The third-order valence-electron chi connectivity index (χ3n) is 5.76. The van der Waals surface area contributed by atoms with E-state index in [9.17, 15) is 9.59 Å². The van der Waals surface area contributed by atoms with Gasteiger partial charge in [-0.3, -0.25) is 9.69 Å². The largest absolute Gasteiger partial charge is 0.466 e. The summed E-state index contributed by atoms with van der Waals surface area (Å²) in [6, 6.07) is 3.88. The van der Waals surface area contributed by atoms with E-state index in [0.717, 1.165) is 48.3 Å². The predicted molar refractivity (Wildman–Crippen MR) is 114 cm³/mol. The SMILES string of the molecule is CCOC(=O)CCc1c(C)c2ccc3c(c2oc1=O)C[NH+](CCCn1ccnc1)CO3. The van der Waals surface area contributed by atoms with Crippen LogP contribution in [-0.2, 0) is 29.0 Å². The number of nitrogens with one attached hydrogen (secondary N) is 1. The van der Waals surface area contributed by atoms with Gasteiger partial charge in [0.15, 0.2) is 5.58 Å². The summed E-state index contributed by atoms with van der Waals surface area (Å²) < 4.78 is 18.8. The highest BCUT2D eigenvalue weighted by atomic mass is 16.5. The average molecular weight is 426 g/mol. The minimum atomic E-state index is -0.394. The molecule has 8 nitrogen and oxygen atoms in total. The van der Waals surface area contributed by atoms with Gasteiger partial charge < -0.3 is 18.5 Å². The molecule has 1 aliphatic heterocycles. The summed E-state index contributed by atoms with van der Waals surface area (Å²) in [6.07, 6.45) is 7.03. The fourth-order valence-corrected chi connectivity index (χ4v) is 4.12. The summed E-state index contributed by atoms with van der Waals surface area (Å²) in [6.45, 7) is 7.17. The van der Waals surface area contributed by atoms with E-state index in [1.807, 2.05) is 31.6 Å². The fraction of sp³-hybridized carbons (Fsp3) is 0.435. The van der Waals surface area contributed by atoms with Crippen molar-refractivity contribution in [2.24, 2.45) is 0 Å². The highest BCUT2D eigenvalue weighted by molar-refractivity contribution is 5.86. The number of hydrogen-bond acceptors (Lipinski definition) is 6. The van der Waals surface area contributed by atoms with Crippen molar-refractivity contribution in [3.63, 3.8) is 0 Å². The first-order valence-corrected chi connectivity index (χ1v) is 10.7. The molecule has 2 aromatic heterocycles. The fourth-order valence-electron chi connectivity index (χ4n) is 4.12. The smallest absolute Gasteiger partial charge is 0.339 e. The number of imidazole rings is 1. The molecule has 0 spiro atoms. The summed E-state index contributed by atoms with van der Waals surface area (Å²) >= 11 is 0. The van der Waals surface area contributed by atoms with Crippen molar-refractivity contribution >= 4 is 16.9 Å².